The van der Waals surface area contributed by atoms with E-state index in [1.807, 2.05) is 4.90 Å². The number of hydrogen-bond acceptors (Lipinski definition) is 1. The van der Waals surface area contributed by atoms with Crippen molar-refractivity contribution in [1.82, 2.24) is 9.80 Å². The number of carbonyl (C=O) groups excluding carboxylic acids is 1. The molecule has 1 aliphatic carbocycles. The Morgan fingerprint density at radius 3 is 2.24 bits per heavy atom. The molecule has 3 heteroatoms. The maximum absolute atomic E-state index is 12.3. The second-order valence-electron chi connectivity index (χ2n) is 5.76. The molecule has 0 N–H and O–H groups in total. The largest absolute Gasteiger partial charge is 0.325 e. The first kappa shape index (κ1) is 11.1. The summed E-state index contributed by atoms with van der Waals surface area (Å²) in [6, 6.07) is 0.305. The van der Waals surface area contributed by atoms with Crippen molar-refractivity contribution in [2.24, 2.45) is 11.8 Å². The van der Waals surface area contributed by atoms with Crippen LogP contribution in [-0.4, -0.2) is 42.0 Å². The smallest absolute Gasteiger partial charge is 0.320 e. The minimum Gasteiger partial charge on any atom is -0.325 e. The molecule has 3 rings (SSSR count). The predicted molar refractivity (Wildman–Crippen MR) is 67.7 cm³/mol. The first-order valence-electron chi connectivity index (χ1n) is 6.96. The minimum atomic E-state index is 0.305. The normalized spacial score (nSPS) is 34.8. The highest BCUT2D eigenvalue weighted by Gasteiger charge is 2.41. The number of nitrogens with zero attached hydrogens (tertiary/aromatic N) is 2. The zero-order valence-electron chi connectivity index (χ0n) is 10.7. The number of fused-ring (bicyclic) bond motifs is 1. The lowest BCUT2D eigenvalue weighted by Crippen LogP contribution is -2.40. The first-order valence-corrected chi connectivity index (χ1v) is 6.96. The average Bonchev–Trinajstić information content (AvgIpc) is 3.02. The lowest BCUT2D eigenvalue weighted by atomic mass is 10.0. The second kappa shape index (κ2) is 4.35. The van der Waals surface area contributed by atoms with Gasteiger partial charge in [0.1, 0.15) is 0 Å². The van der Waals surface area contributed by atoms with E-state index in [0.717, 1.165) is 38.0 Å². The summed E-state index contributed by atoms with van der Waals surface area (Å²) < 4.78 is 0. The van der Waals surface area contributed by atoms with E-state index >= 15 is 0 Å². The summed E-state index contributed by atoms with van der Waals surface area (Å²) in [4.78, 5) is 16.4. The molecular formula is C14H22N2O. The highest BCUT2D eigenvalue weighted by molar-refractivity contribution is 5.75. The molecule has 17 heavy (non-hydrogen) atoms. The van der Waals surface area contributed by atoms with E-state index in [9.17, 15) is 4.79 Å². The molecule has 0 aromatic carbocycles. The Bertz CT molecular complexity index is 328. The van der Waals surface area contributed by atoms with Crippen molar-refractivity contribution in [2.75, 3.05) is 26.2 Å². The van der Waals surface area contributed by atoms with Crippen LogP contribution in [0.4, 0.5) is 4.79 Å². The van der Waals surface area contributed by atoms with Crippen molar-refractivity contribution in [1.29, 1.82) is 0 Å². The van der Waals surface area contributed by atoms with Gasteiger partial charge in [0.25, 0.3) is 0 Å². The van der Waals surface area contributed by atoms with Crippen molar-refractivity contribution >= 4 is 6.03 Å². The molecule has 3 nitrogen and oxygen atoms in total. The van der Waals surface area contributed by atoms with Crippen molar-refractivity contribution in [3.05, 3.63) is 11.6 Å². The summed E-state index contributed by atoms with van der Waals surface area (Å²) in [6.07, 6.45) is 7.10. The third kappa shape index (κ3) is 1.96. The molecule has 2 atom stereocenters. The number of urea groups is 1. The quantitative estimate of drug-likeness (QED) is 0.591. The second-order valence-corrected chi connectivity index (χ2v) is 5.76. The summed E-state index contributed by atoms with van der Waals surface area (Å²) in [7, 11) is 0. The fraction of sp³-hybridized carbons (Fsp3) is 0.786. The third-order valence-electron chi connectivity index (χ3n) is 4.68. The Kier molecular flexibility index (Phi) is 2.85. The van der Waals surface area contributed by atoms with Gasteiger partial charge in [-0.25, -0.2) is 4.79 Å². The maximum Gasteiger partial charge on any atom is 0.320 e. The fourth-order valence-corrected chi connectivity index (χ4v) is 3.66. The molecule has 0 unspecified atom stereocenters. The first-order chi connectivity index (χ1) is 8.28. The molecule has 2 saturated heterocycles. The zero-order valence-corrected chi connectivity index (χ0v) is 10.7. The van der Waals surface area contributed by atoms with Crippen LogP contribution in [0, 0.1) is 11.8 Å². The zero-order chi connectivity index (χ0) is 11.8. The Labute approximate surface area is 103 Å². The molecule has 0 spiro atoms. The molecule has 2 amide bonds. The van der Waals surface area contributed by atoms with E-state index in [4.69, 9.17) is 0 Å². The SMILES string of the molecule is CC=C1C[C@@H]2CN(C(=O)N3CCCC3)C[C@@H]2C1. The van der Waals surface area contributed by atoms with Gasteiger partial charge in [-0.2, -0.15) is 0 Å². The molecule has 0 aromatic heterocycles. The van der Waals surface area contributed by atoms with Gasteiger partial charge in [0.05, 0.1) is 0 Å². The van der Waals surface area contributed by atoms with E-state index in [1.165, 1.54) is 25.7 Å². The van der Waals surface area contributed by atoms with Crippen molar-refractivity contribution in [2.45, 2.75) is 32.6 Å². The molecule has 94 valence electrons. The van der Waals surface area contributed by atoms with Crippen molar-refractivity contribution < 1.29 is 4.79 Å². The van der Waals surface area contributed by atoms with E-state index in [1.54, 1.807) is 5.57 Å². The van der Waals surface area contributed by atoms with Gasteiger partial charge < -0.3 is 9.80 Å². The Morgan fingerprint density at radius 2 is 1.71 bits per heavy atom. The van der Waals surface area contributed by atoms with Crippen LogP contribution in [0.2, 0.25) is 0 Å². The topological polar surface area (TPSA) is 23.6 Å². The molecule has 3 fully saturated rings. The summed E-state index contributed by atoms with van der Waals surface area (Å²) in [6.45, 7) is 6.09. The van der Waals surface area contributed by atoms with Gasteiger partial charge in [0.2, 0.25) is 0 Å². The number of carbonyl (C=O) groups is 1. The van der Waals surface area contributed by atoms with Crippen LogP contribution in [0.15, 0.2) is 11.6 Å². The fourth-order valence-electron chi connectivity index (χ4n) is 3.66. The number of hydrogen-bond donors (Lipinski definition) is 0. The summed E-state index contributed by atoms with van der Waals surface area (Å²) in [5.74, 6) is 1.49. The van der Waals surface area contributed by atoms with Crippen LogP contribution in [0.25, 0.3) is 0 Å². The summed E-state index contributed by atoms with van der Waals surface area (Å²) in [5, 5.41) is 0. The lowest BCUT2D eigenvalue weighted by molar-refractivity contribution is 0.170. The van der Waals surface area contributed by atoms with E-state index in [0.29, 0.717) is 6.03 Å². The molecular weight excluding hydrogens is 212 g/mol. The average molecular weight is 234 g/mol. The van der Waals surface area contributed by atoms with Gasteiger partial charge in [0, 0.05) is 26.2 Å². The van der Waals surface area contributed by atoms with Crippen LogP contribution < -0.4 is 0 Å². The van der Waals surface area contributed by atoms with E-state index in [-0.39, 0.29) is 0 Å². The Morgan fingerprint density at radius 1 is 1.12 bits per heavy atom. The highest BCUT2D eigenvalue weighted by Crippen LogP contribution is 2.41. The van der Waals surface area contributed by atoms with Crippen LogP contribution >= 0.6 is 0 Å². The summed E-state index contributed by atoms with van der Waals surface area (Å²) >= 11 is 0. The monoisotopic (exact) mass is 234 g/mol. The number of amides is 2. The van der Waals surface area contributed by atoms with Gasteiger partial charge in [-0.05, 0) is 44.4 Å². The van der Waals surface area contributed by atoms with Gasteiger partial charge >= 0.3 is 6.03 Å². The Hall–Kier alpha value is -0.990. The van der Waals surface area contributed by atoms with Crippen LogP contribution in [0.1, 0.15) is 32.6 Å². The van der Waals surface area contributed by atoms with Gasteiger partial charge in [-0.3, -0.25) is 0 Å². The lowest BCUT2D eigenvalue weighted by Gasteiger charge is -2.24. The van der Waals surface area contributed by atoms with Crippen LogP contribution in [0.5, 0.6) is 0 Å². The predicted octanol–water partition coefficient (Wildman–Crippen LogP) is 2.49. The van der Waals surface area contributed by atoms with Gasteiger partial charge in [-0.15, -0.1) is 0 Å². The van der Waals surface area contributed by atoms with E-state index < -0.39 is 0 Å². The molecule has 0 aromatic rings. The number of rotatable bonds is 0. The highest BCUT2D eigenvalue weighted by atomic mass is 16.2. The molecule has 0 bridgehead atoms. The van der Waals surface area contributed by atoms with E-state index in [2.05, 4.69) is 17.9 Å². The number of likely N-dealkylation sites (tertiary alicyclic amines) is 2. The maximum atomic E-state index is 12.3. The molecule has 0 radical (unpaired) electrons. The van der Waals surface area contributed by atoms with Crippen molar-refractivity contribution in [3.8, 4) is 0 Å². The third-order valence-corrected chi connectivity index (χ3v) is 4.68. The van der Waals surface area contributed by atoms with Gasteiger partial charge in [0.15, 0.2) is 0 Å². The molecule has 2 aliphatic heterocycles. The molecule has 2 heterocycles. The van der Waals surface area contributed by atoms with Crippen LogP contribution in [-0.2, 0) is 0 Å². The van der Waals surface area contributed by atoms with Crippen LogP contribution in [0.3, 0.4) is 0 Å². The molecule has 1 saturated carbocycles. The molecule has 3 aliphatic rings. The van der Waals surface area contributed by atoms with Gasteiger partial charge in [-0.1, -0.05) is 11.6 Å². The van der Waals surface area contributed by atoms with Crippen molar-refractivity contribution in [3.63, 3.8) is 0 Å². The standard InChI is InChI=1S/C14H22N2O/c1-2-11-7-12-9-16(10-13(12)8-11)14(17)15-5-3-4-6-15/h2,12-13H,3-10H2,1H3/t12-,13+. The minimum absolute atomic E-state index is 0.305. The Balaban J connectivity index is 1.60. The summed E-state index contributed by atoms with van der Waals surface area (Å²) in [5.41, 5.74) is 1.60. The number of allylic oxidation sites excluding steroid dienone is 2.